The Morgan fingerprint density at radius 3 is 2.76 bits per heavy atom. The van der Waals surface area contributed by atoms with Gasteiger partial charge in [0.15, 0.2) is 0 Å². The van der Waals surface area contributed by atoms with Crippen molar-refractivity contribution in [2.24, 2.45) is 5.92 Å². The molecule has 0 spiro atoms. The molecule has 2 nitrogen and oxygen atoms in total. The smallest absolute Gasteiger partial charge is 0.137 e. The van der Waals surface area contributed by atoms with Crippen LogP contribution in [0.1, 0.15) is 24.8 Å². The lowest BCUT2D eigenvalue weighted by atomic mass is 9.91. The highest BCUT2D eigenvalue weighted by molar-refractivity contribution is 6.32. The van der Waals surface area contributed by atoms with Crippen molar-refractivity contribution in [2.45, 2.75) is 25.7 Å². The van der Waals surface area contributed by atoms with Gasteiger partial charge in [0, 0.05) is 0 Å². The van der Waals surface area contributed by atoms with Crippen molar-refractivity contribution < 1.29 is 4.74 Å². The van der Waals surface area contributed by atoms with Crippen molar-refractivity contribution in [3.8, 4) is 5.75 Å². The molecule has 0 atom stereocenters. The van der Waals surface area contributed by atoms with E-state index in [4.69, 9.17) is 16.3 Å². The van der Waals surface area contributed by atoms with Gasteiger partial charge in [-0.2, -0.15) is 0 Å². The molecule has 0 aliphatic carbocycles. The van der Waals surface area contributed by atoms with E-state index in [2.05, 4.69) is 11.4 Å². The van der Waals surface area contributed by atoms with Crippen LogP contribution in [0.4, 0.5) is 0 Å². The summed E-state index contributed by atoms with van der Waals surface area (Å²) >= 11 is 6.12. The zero-order chi connectivity index (χ0) is 12.1. The second kappa shape index (κ2) is 6.27. The molecule has 0 aromatic heterocycles. The van der Waals surface area contributed by atoms with Gasteiger partial charge in [0.1, 0.15) is 5.75 Å². The van der Waals surface area contributed by atoms with Gasteiger partial charge in [0.25, 0.3) is 0 Å². The molecule has 1 aliphatic rings. The van der Waals surface area contributed by atoms with Crippen LogP contribution in [0.3, 0.4) is 0 Å². The van der Waals surface area contributed by atoms with Crippen molar-refractivity contribution in [1.29, 1.82) is 0 Å². The SMILES string of the molecule is COc1ccc(CCC2CCNCC2)cc1Cl. The number of hydrogen-bond acceptors (Lipinski definition) is 2. The largest absolute Gasteiger partial charge is 0.495 e. The predicted molar refractivity (Wildman–Crippen MR) is 71.9 cm³/mol. The van der Waals surface area contributed by atoms with Crippen LogP contribution in [0.15, 0.2) is 18.2 Å². The summed E-state index contributed by atoms with van der Waals surface area (Å²) in [6, 6.07) is 6.10. The number of rotatable bonds is 4. The maximum atomic E-state index is 6.12. The van der Waals surface area contributed by atoms with Gasteiger partial charge in [-0.3, -0.25) is 0 Å². The molecule has 0 amide bonds. The first kappa shape index (κ1) is 12.7. The van der Waals surface area contributed by atoms with Crippen molar-refractivity contribution >= 4 is 11.6 Å². The van der Waals surface area contributed by atoms with Gasteiger partial charge in [-0.25, -0.2) is 0 Å². The van der Waals surface area contributed by atoms with E-state index in [0.29, 0.717) is 0 Å². The first-order valence-electron chi connectivity index (χ1n) is 6.32. The van der Waals surface area contributed by atoms with Crippen molar-refractivity contribution in [1.82, 2.24) is 5.32 Å². The number of nitrogens with one attached hydrogen (secondary N) is 1. The molecule has 0 bridgehead atoms. The molecule has 2 rings (SSSR count). The van der Waals surface area contributed by atoms with E-state index in [1.54, 1.807) is 7.11 Å². The minimum atomic E-state index is 0.718. The standard InChI is InChI=1S/C14H20ClNO/c1-17-14-5-4-12(10-13(14)15)3-2-11-6-8-16-9-7-11/h4-5,10-11,16H,2-3,6-9H2,1H3. The summed E-state index contributed by atoms with van der Waals surface area (Å²) < 4.78 is 5.15. The Kier molecular flexibility index (Phi) is 4.69. The fourth-order valence-electron chi connectivity index (χ4n) is 2.41. The number of benzene rings is 1. The number of piperidine rings is 1. The molecule has 94 valence electrons. The number of halogens is 1. The second-order valence-electron chi connectivity index (χ2n) is 4.70. The van der Waals surface area contributed by atoms with Gasteiger partial charge in [-0.05, 0) is 62.4 Å². The minimum absolute atomic E-state index is 0.718. The summed E-state index contributed by atoms with van der Waals surface area (Å²) in [7, 11) is 1.65. The van der Waals surface area contributed by atoms with E-state index in [-0.39, 0.29) is 0 Å². The van der Waals surface area contributed by atoms with E-state index < -0.39 is 0 Å². The van der Waals surface area contributed by atoms with Gasteiger partial charge < -0.3 is 10.1 Å². The van der Waals surface area contributed by atoms with Crippen LogP contribution in [-0.2, 0) is 6.42 Å². The van der Waals surface area contributed by atoms with Crippen molar-refractivity contribution in [2.75, 3.05) is 20.2 Å². The summed E-state index contributed by atoms with van der Waals surface area (Å²) in [5.74, 6) is 1.63. The molecule has 1 fully saturated rings. The lowest BCUT2D eigenvalue weighted by Crippen LogP contribution is -2.27. The van der Waals surface area contributed by atoms with E-state index in [9.17, 15) is 0 Å². The quantitative estimate of drug-likeness (QED) is 0.889. The van der Waals surface area contributed by atoms with Gasteiger partial charge in [0.05, 0.1) is 12.1 Å². The minimum Gasteiger partial charge on any atom is -0.495 e. The van der Waals surface area contributed by atoms with Crippen LogP contribution >= 0.6 is 11.6 Å². The van der Waals surface area contributed by atoms with Crippen molar-refractivity contribution in [3.63, 3.8) is 0 Å². The van der Waals surface area contributed by atoms with Gasteiger partial charge in [-0.1, -0.05) is 17.7 Å². The average Bonchev–Trinajstić information content (AvgIpc) is 2.38. The first-order chi connectivity index (χ1) is 8.29. The molecule has 0 radical (unpaired) electrons. The normalized spacial score (nSPS) is 17.1. The highest BCUT2D eigenvalue weighted by atomic mass is 35.5. The summed E-state index contributed by atoms with van der Waals surface area (Å²) in [5.41, 5.74) is 1.31. The molecule has 1 aromatic carbocycles. The molecular formula is C14H20ClNO. The fourth-order valence-corrected chi connectivity index (χ4v) is 2.69. The topological polar surface area (TPSA) is 21.3 Å². The maximum absolute atomic E-state index is 6.12. The lowest BCUT2D eigenvalue weighted by Gasteiger charge is -2.22. The van der Waals surface area contributed by atoms with Crippen LogP contribution in [0.25, 0.3) is 0 Å². The van der Waals surface area contributed by atoms with Crippen LogP contribution in [-0.4, -0.2) is 20.2 Å². The third-order valence-electron chi connectivity index (χ3n) is 3.52. The molecule has 1 N–H and O–H groups in total. The molecule has 1 saturated heterocycles. The van der Waals surface area contributed by atoms with Gasteiger partial charge >= 0.3 is 0 Å². The molecule has 0 unspecified atom stereocenters. The van der Waals surface area contributed by atoms with Crippen LogP contribution in [0, 0.1) is 5.92 Å². The predicted octanol–water partition coefficient (Wildman–Crippen LogP) is 3.28. The number of methoxy groups -OCH3 is 1. The maximum Gasteiger partial charge on any atom is 0.137 e. The molecule has 0 saturated carbocycles. The third-order valence-corrected chi connectivity index (χ3v) is 3.81. The monoisotopic (exact) mass is 253 g/mol. The highest BCUT2D eigenvalue weighted by Crippen LogP contribution is 2.26. The molecule has 3 heteroatoms. The van der Waals surface area contributed by atoms with E-state index in [0.717, 1.165) is 23.1 Å². The van der Waals surface area contributed by atoms with Crippen molar-refractivity contribution in [3.05, 3.63) is 28.8 Å². The van der Waals surface area contributed by atoms with Gasteiger partial charge in [-0.15, -0.1) is 0 Å². The summed E-state index contributed by atoms with van der Waals surface area (Å²) in [4.78, 5) is 0. The third kappa shape index (κ3) is 3.62. The first-order valence-corrected chi connectivity index (χ1v) is 6.70. The Balaban J connectivity index is 1.87. The highest BCUT2D eigenvalue weighted by Gasteiger charge is 2.13. The molecule has 1 aromatic rings. The Bertz CT molecular complexity index is 361. The Morgan fingerprint density at radius 2 is 2.12 bits per heavy atom. The van der Waals surface area contributed by atoms with Crippen LogP contribution < -0.4 is 10.1 Å². The fraction of sp³-hybridized carbons (Fsp3) is 0.571. The molecular weight excluding hydrogens is 234 g/mol. The molecule has 1 heterocycles. The number of ether oxygens (including phenoxy) is 1. The Morgan fingerprint density at radius 1 is 1.35 bits per heavy atom. The van der Waals surface area contributed by atoms with Gasteiger partial charge in [0.2, 0.25) is 0 Å². The summed E-state index contributed by atoms with van der Waals surface area (Å²) in [5, 5.41) is 4.12. The van der Waals surface area contributed by atoms with Crippen LogP contribution in [0.2, 0.25) is 5.02 Å². The average molecular weight is 254 g/mol. The number of hydrogen-bond donors (Lipinski definition) is 1. The zero-order valence-corrected chi connectivity index (χ0v) is 11.1. The summed E-state index contributed by atoms with van der Waals surface area (Å²) in [6.45, 7) is 2.35. The van der Waals surface area contributed by atoms with Crippen LogP contribution in [0.5, 0.6) is 5.75 Å². The van der Waals surface area contributed by atoms with E-state index >= 15 is 0 Å². The Labute approximate surface area is 108 Å². The Hall–Kier alpha value is -0.730. The number of aryl methyl sites for hydroxylation is 1. The second-order valence-corrected chi connectivity index (χ2v) is 5.11. The lowest BCUT2D eigenvalue weighted by molar-refractivity contribution is 0.354. The molecule has 1 aliphatic heterocycles. The molecule has 17 heavy (non-hydrogen) atoms. The van der Waals surface area contributed by atoms with E-state index in [1.807, 2.05) is 12.1 Å². The summed E-state index contributed by atoms with van der Waals surface area (Å²) in [6.07, 6.45) is 5.01. The van der Waals surface area contributed by atoms with E-state index in [1.165, 1.54) is 37.9 Å². The zero-order valence-electron chi connectivity index (χ0n) is 10.3.